The van der Waals surface area contributed by atoms with E-state index >= 15 is 0 Å². The summed E-state index contributed by atoms with van der Waals surface area (Å²) in [6.07, 6.45) is 0. The van der Waals surface area contributed by atoms with E-state index in [1.807, 2.05) is 7.05 Å². The second-order valence-electron chi connectivity index (χ2n) is 6.32. The molecule has 1 aromatic rings. The van der Waals surface area contributed by atoms with E-state index in [0.29, 0.717) is 11.8 Å². The molecule has 0 aliphatic heterocycles. The third-order valence-corrected chi connectivity index (χ3v) is 3.70. The Bertz CT molecular complexity index is 375. The maximum Gasteiger partial charge on any atom is 0.0589 e. The summed E-state index contributed by atoms with van der Waals surface area (Å²) in [5.41, 5.74) is 2.78. The number of likely N-dealkylation sites (N-methyl/N-ethyl adjacent to an activating group) is 1. The molecule has 1 atom stereocenters. The Morgan fingerprint density at radius 1 is 1.14 bits per heavy atom. The summed E-state index contributed by atoms with van der Waals surface area (Å²) >= 11 is 0. The molecule has 3 nitrogen and oxygen atoms in total. The summed E-state index contributed by atoms with van der Waals surface area (Å²) in [4.78, 5) is 2.47. The van der Waals surface area contributed by atoms with Crippen molar-refractivity contribution >= 4 is 0 Å². The molecule has 1 rings (SSSR count). The van der Waals surface area contributed by atoms with Gasteiger partial charge in [0.15, 0.2) is 0 Å². The molecule has 0 aliphatic rings. The van der Waals surface area contributed by atoms with Crippen molar-refractivity contribution < 1.29 is 4.74 Å². The fraction of sp³-hybridized carbons (Fsp3) is 0.667. The van der Waals surface area contributed by atoms with Crippen LogP contribution in [-0.2, 0) is 11.3 Å². The lowest BCUT2D eigenvalue weighted by Crippen LogP contribution is -2.30. The Morgan fingerprint density at radius 2 is 1.81 bits per heavy atom. The van der Waals surface area contributed by atoms with E-state index in [9.17, 15) is 0 Å². The topological polar surface area (TPSA) is 24.5 Å². The van der Waals surface area contributed by atoms with Gasteiger partial charge in [-0.15, -0.1) is 0 Å². The molecule has 1 unspecified atom stereocenters. The molecule has 0 spiro atoms. The zero-order valence-corrected chi connectivity index (χ0v) is 14.4. The van der Waals surface area contributed by atoms with Crippen molar-refractivity contribution in [1.82, 2.24) is 10.2 Å². The van der Waals surface area contributed by atoms with E-state index in [2.05, 4.69) is 55.3 Å². The maximum atomic E-state index is 5.22. The number of nitrogens with zero attached hydrogens (tertiary/aromatic N) is 1. The Morgan fingerprint density at radius 3 is 2.33 bits per heavy atom. The molecule has 21 heavy (non-hydrogen) atoms. The Hall–Kier alpha value is -0.900. The average molecular weight is 292 g/mol. The van der Waals surface area contributed by atoms with E-state index in [-0.39, 0.29) is 0 Å². The standard InChI is InChI=1S/C18H32N2O/c1-15(2)13-20(10-11-21-5)14-17-6-8-18(9-7-17)16(3)12-19-4/h6-9,15-16,19H,10-14H2,1-5H3. The molecule has 0 amide bonds. The van der Waals surface area contributed by atoms with E-state index in [4.69, 9.17) is 4.74 Å². The number of rotatable bonds is 10. The highest BCUT2D eigenvalue weighted by molar-refractivity contribution is 5.25. The van der Waals surface area contributed by atoms with Crippen LogP contribution >= 0.6 is 0 Å². The highest BCUT2D eigenvalue weighted by Gasteiger charge is 2.09. The monoisotopic (exact) mass is 292 g/mol. The largest absolute Gasteiger partial charge is 0.383 e. The molecular weight excluding hydrogens is 260 g/mol. The minimum atomic E-state index is 0.560. The van der Waals surface area contributed by atoms with Gasteiger partial charge in [0.2, 0.25) is 0 Å². The Kier molecular flexibility index (Phi) is 8.58. The van der Waals surface area contributed by atoms with Crippen LogP contribution in [0, 0.1) is 5.92 Å². The Balaban J connectivity index is 2.62. The molecular formula is C18H32N2O. The van der Waals surface area contributed by atoms with Crippen molar-refractivity contribution in [2.75, 3.05) is 40.4 Å². The van der Waals surface area contributed by atoms with Crippen LogP contribution < -0.4 is 5.32 Å². The van der Waals surface area contributed by atoms with Crippen LogP contribution in [0.1, 0.15) is 37.8 Å². The van der Waals surface area contributed by atoms with Gasteiger partial charge in [-0.05, 0) is 30.0 Å². The molecule has 1 aromatic carbocycles. The predicted octanol–water partition coefficient (Wildman–Crippen LogP) is 3.11. The summed E-state index contributed by atoms with van der Waals surface area (Å²) in [6.45, 7) is 11.7. The lowest BCUT2D eigenvalue weighted by Gasteiger charge is -2.24. The minimum absolute atomic E-state index is 0.560. The maximum absolute atomic E-state index is 5.22. The third kappa shape index (κ3) is 7.07. The summed E-state index contributed by atoms with van der Waals surface area (Å²) in [6, 6.07) is 9.06. The highest BCUT2D eigenvalue weighted by atomic mass is 16.5. The minimum Gasteiger partial charge on any atom is -0.383 e. The first-order chi connectivity index (χ1) is 10.1. The molecule has 0 fully saturated rings. The quantitative estimate of drug-likeness (QED) is 0.717. The van der Waals surface area contributed by atoms with Gasteiger partial charge >= 0.3 is 0 Å². The zero-order chi connectivity index (χ0) is 15.7. The molecule has 0 bridgehead atoms. The smallest absolute Gasteiger partial charge is 0.0589 e. The van der Waals surface area contributed by atoms with Gasteiger partial charge in [-0.2, -0.15) is 0 Å². The van der Waals surface area contributed by atoms with Gasteiger partial charge in [-0.1, -0.05) is 45.0 Å². The molecule has 0 heterocycles. The first-order valence-corrected chi connectivity index (χ1v) is 8.01. The SMILES string of the molecule is CNCC(C)c1ccc(CN(CCOC)CC(C)C)cc1. The summed E-state index contributed by atoms with van der Waals surface area (Å²) in [5, 5.41) is 3.24. The summed E-state index contributed by atoms with van der Waals surface area (Å²) in [7, 11) is 3.77. The van der Waals surface area contributed by atoms with Gasteiger partial charge in [0.25, 0.3) is 0 Å². The van der Waals surface area contributed by atoms with Crippen LogP contribution in [0.15, 0.2) is 24.3 Å². The molecule has 0 saturated carbocycles. The lowest BCUT2D eigenvalue weighted by atomic mass is 9.99. The number of ether oxygens (including phenoxy) is 1. The van der Waals surface area contributed by atoms with Crippen molar-refractivity contribution in [3.8, 4) is 0 Å². The van der Waals surface area contributed by atoms with Crippen molar-refractivity contribution in [3.05, 3.63) is 35.4 Å². The van der Waals surface area contributed by atoms with Gasteiger partial charge < -0.3 is 10.1 Å². The number of nitrogens with one attached hydrogen (secondary N) is 1. The molecule has 0 aliphatic carbocycles. The van der Waals surface area contributed by atoms with Gasteiger partial charge in [0.05, 0.1) is 6.61 Å². The first kappa shape index (κ1) is 18.1. The first-order valence-electron chi connectivity index (χ1n) is 8.01. The third-order valence-electron chi connectivity index (χ3n) is 3.70. The molecule has 0 saturated heterocycles. The van der Waals surface area contributed by atoms with Gasteiger partial charge in [-0.25, -0.2) is 0 Å². The molecule has 0 aromatic heterocycles. The van der Waals surface area contributed by atoms with Crippen LogP contribution in [0.5, 0.6) is 0 Å². The molecule has 3 heteroatoms. The van der Waals surface area contributed by atoms with Crippen molar-refractivity contribution in [3.63, 3.8) is 0 Å². The predicted molar refractivity (Wildman–Crippen MR) is 90.8 cm³/mol. The van der Waals surface area contributed by atoms with Crippen molar-refractivity contribution in [2.45, 2.75) is 33.2 Å². The van der Waals surface area contributed by atoms with Crippen molar-refractivity contribution in [2.24, 2.45) is 5.92 Å². The second kappa shape index (κ2) is 9.93. The molecule has 1 N–H and O–H groups in total. The van der Waals surface area contributed by atoms with E-state index in [1.165, 1.54) is 11.1 Å². The summed E-state index contributed by atoms with van der Waals surface area (Å²) < 4.78 is 5.22. The van der Waals surface area contributed by atoms with Gasteiger partial charge in [0, 0.05) is 33.3 Å². The van der Waals surface area contributed by atoms with Crippen LogP contribution in [0.25, 0.3) is 0 Å². The van der Waals surface area contributed by atoms with Gasteiger partial charge in [-0.3, -0.25) is 4.90 Å². The number of hydrogen-bond donors (Lipinski definition) is 1. The Labute approximate surface area is 130 Å². The number of hydrogen-bond acceptors (Lipinski definition) is 3. The van der Waals surface area contributed by atoms with Crippen LogP contribution in [0.3, 0.4) is 0 Å². The number of benzene rings is 1. The number of methoxy groups -OCH3 is 1. The lowest BCUT2D eigenvalue weighted by molar-refractivity contribution is 0.136. The van der Waals surface area contributed by atoms with Crippen LogP contribution in [0.2, 0.25) is 0 Å². The fourth-order valence-electron chi connectivity index (χ4n) is 2.61. The van der Waals surface area contributed by atoms with E-state index in [0.717, 1.165) is 32.8 Å². The van der Waals surface area contributed by atoms with Crippen LogP contribution in [-0.4, -0.2) is 45.3 Å². The fourth-order valence-corrected chi connectivity index (χ4v) is 2.61. The van der Waals surface area contributed by atoms with Crippen molar-refractivity contribution in [1.29, 1.82) is 0 Å². The van der Waals surface area contributed by atoms with E-state index < -0.39 is 0 Å². The summed E-state index contributed by atoms with van der Waals surface area (Å²) in [5.74, 6) is 1.24. The average Bonchev–Trinajstić information content (AvgIpc) is 2.45. The molecule has 120 valence electrons. The van der Waals surface area contributed by atoms with Gasteiger partial charge in [0.1, 0.15) is 0 Å². The van der Waals surface area contributed by atoms with Crippen LogP contribution in [0.4, 0.5) is 0 Å². The van der Waals surface area contributed by atoms with E-state index in [1.54, 1.807) is 7.11 Å². The second-order valence-corrected chi connectivity index (χ2v) is 6.32. The molecule has 0 radical (unpaired) electrons. The zero-order valence-electron chi connectivity index (χ0n) is 14.4. The normalized spacial score (nSPS) is 13.1. The highest BCUT2D eigenvalue weighted by Crippen LogP contribution is 2.16.